The van der Waals surface area contributed by atoms with Gasteiger partial charge in [0.25, 0.3) is 5.91 Å². The Kier molecular flexibility index (Phi) is 5.91. The second-order valence-electron chi connectivity index (χ2n) is 6.28. The maximum Gasteiger partial charge on any atom is 0.268 e. The Morgan fingerprint density at radius 3 is 2.74 bits per heavy atom. The number of carbonyl (C=O) groups is 3. The van der Waals surface area contributed by atoms with Crippen LogP contribution in [-0.4, -0.2) is 36.8 Å². The average molecular weight is 386 g/mol. The molecule has 0 saturated heterocycles. The second-order valence-corrected chi connectivity index (χ2v) is 7.23. The average Bonchev–Trinajstić information content (AvgIpc) is 3.22. The van der Waals surface area contributed by atoms with Crippen molar-refractivity contribution in [3.05, 3.63) is 46.2 Å². The summed E-state index contributed by atoms with van der Waals surface area (Å²) in [5.74, 6) is -0.110. The SMILES string of the molecule is CCCNC(=O)CN1C(=O)C(CC)Oc2ccc(C(=O)c3cccs3)cc21. The first-order valence-electron chi connectivity index (χ1n) is 9.02. The number of thiophene rings is 1. The van der Waals surface area contributed by atoms with Gasteiger partial charge in [-0.25, -0.2) is 0 Å². The first-order valence-corrected chi connectivity index (χ1v) is 9.90. The van der Waals surface area contributed by atoms with E-state index < -0.39 is 6.10 Å². The van der Waals surface area contributed by atoms with Crippen LogP contribution in [0.5, 0.6) is 5.75 Å². The molecule has 142 valence electrons. The summed E-state index contributed by atoms with van der Waals surface area (Å²) in [5, 5.41) is 4.63. The minimum absolute atomic E-state index is 0.0949. The van der Waals surface area contributed by atoms with Crippen molar-refractivity contribution < 1.29 is 19.1 Å². The van der Waals surface area contributed by atoms with Crippen LogP contribution >= 0.6 is 11.3 Å². The first kappa shape index (κ1) is 19.1. The Morgan fingerprint density at radius 2 is 2.07 bits per heavy atom. The molecule has 0 fully saturated rings. The predicted molar refractivity (Wildman–Crippen MR) is 105 cm³/mol. The number of nitrogens with zero attached hydrogens (tertiary/aromatic N) is 1. The van der Waals surface area contributed by atoms with Crippen LogP contribution in [0.4, 0.5) is 5.69 Å². The monoisotopic (exact) mass is 386 g/mol. The van der Waals surface area contributed by atoms with E-state index in [1.165, 1.54) is 16.2 Å². The molecule has 2 heterocycles. The normalized spacial score (nSPS) is 15.9. The van der Waals surface area contributed by atoms with Gasteiger partial charge in [0.2, 0.25) is 11.7 Å². The minimum atomic E-state index is -0.629. The van der Waals surface area contributed by atoms with Gasteiger partial charge in [-0.15, -0.1) is 11.3 Å². The summed E-state index contributed by atoms with van der Waals surface area (Å²) in [6.07, 6.45) is 0.688. The molecule has 2 aromatic rings. The van der Waals surface area contributed by atoms with Crippen LogP contribution in [0.3, 0.4) is 0 Å². The van der Waals surface area contributed by atoms with Crippen molar-refractivity contribution in [2.24, 2.45) is 0 Å². The Labute approximate surface area is 162 Å². The summed E-state index contributed by atoms with van der Waals surface area (Å²) in [6.45, 7) is 4.28. The molecule has 2 amide bonds. The largest absolute Gasteiger partial charge is 0.478 e. The van der Waals surface area contributed by atoms with E-state index in [2.05, 4.69) is 5.32 Å². The molecule has 0 aliphatic carbocycles. The number of carbonyl (C=O) groups excluding carboxylic acids is 3. The zero-order chi connectivity index (χ0) is 19.4. The Bertz CT molecular complexity index is 848. The third kappa shape index (κ3) is 4.03. The fourth-order valence-electron chi connectivity index (χ4n) is 2.90. The van der Waals surface area contributed by atoms with Gasteiger partial charge >= 0.3 is 0 Å². The van der Waals surface area contributed by atoms with Crippen molar-refractivity contribution in [2.75, 3.05) is 18.0 Å². The topological polar surface area (TPSA) is 75.7 Å². The predicted octanol–water partition coefficient (Wildman–Crippen LogP) is 3.01. The highest BCUT2D eigenvalue weighted by molar-refractivity contribution is 7.12. The van der Waals surface area contributed by atoms with E-state index >= 15 is 0 Å². The van der Waals surface area contributed by atoms with Gasteiger partial charge in [0.1, 0.15) is 12.3 Å². The molecule has 0 radical (unpaired) electrons. The number of nitrogens with one attached hydrogen (secondary N) is 1. The van der Waals surface area contributed by atoms with Gasteiger partial charge in [-0.3, -0.25) is 19.3 Å². The number of hydrogen-bond acceptors (Lipinski definition) is 5. The van der Waals surface area contributed by atoms with Crippen LogP contribution in [0.15, 0.2) is 35.7 Å². The van der Waals surface area contributed by atoms with Gasteiger partial charge < -0.3 is 10.1 Å². The molecule has 1 atom stereocenters. The van der Waals surface area contributed by atoms with Crippen LogP contribution in [0, 0.1) is 0 Å². The van der Waals surface area contributed by atoms with Crippen LogP contribution < -0.4 is 15.0 Å². The highest BCUT2D eigenvalue weighted by Crippen LogP contribution is 2.36. The summed E-state index contributed by atoms with van der Waals surface area (Å²) >= 11 is 1.36. The zero-order valence-corrected chi connectivity index (χ0v) is 16.2. The van der Waals surface area contributed by atoms with E-state index in [4.69, 9.17) is 4.74 Å². The Balaban J connectivity index is 1.94. The van der Waals surface area contributed by atoms with Crippen molar-refractivity contribution in [2.45, 2.75) is 32.8 Å². The molecular formula is C20H22N2O4S. The van der Waals surface area contributed by atoms with Crippen molar-refractivity contribution in [3.63, 3.8) is 0 Å². The lowest BCUT2D eigenvalue weighted by atomic mass is 10.1. The lowest BCUT2D eigenvalue weighted by Crippen LogP contribution is -2.49. The van der Waals surface area contributed by atoms with E-state index in [-0.39, 0.29) is 24.1 Å². The third-order valence-electron chi connectivity index (χ3n) is 4.31. The van der Waals surface area contributed by atoms with Gasteiger partial charge in [-0.2, -0.15) is 0 Å². The molecular weight excluding hydrogens is 364 g/mol. The molecule has 1 aromatic heterocycles. The summed E-state index contributed by atoms with van der Waals surface area (Å²) in [7, 11) is 0. The van der Waals surface area contributed by atoms with Crippen LogP contribution in [-0.2, 0) is 9.59 Å². The molecule has 1 aliphatic heterocycles. The van der Waals surface area contributed by atoms with Crippen LogP contribution in [0.2, 0.25) is 0 Å². The summed E-state index contributed by atoms with van der Waals surface area (Å²) in [5.41, 5.74) is 0.917. The highest BCUT2D eigenvalue weighted by Gasteiger charge is 2.35. The van der Waals surface area contributed by atoms with E-state index in [1.807, 2.05) is 25.3 Å². The first-order chi connectivity index (χ1) is 13.0. The number of fused-ring (bicyclic) bond motifs is 1. The van der Waals surface area contributed by atoms with Crippen molar-refractivity contribution in [1.29, 1.82) is 0 Å². The standard InChI is InChI=1S/C20H22N2O4S/c1-3-9-21-18(23)12-22-14-11-13(19(24)17-6-5-10-27-17)7-8-16(14)26-15(4-2)20(22)25/h5-8,10-11,15H,3-4,9,12H2,1-2H3,(H,21,23). The number of amides is 2. The number of anilines is 1. The Hall–Kier alpha value is -2.67. The van der Waals surface area contributed by atoms with Crippen molar-refractivity contribution >= 4 is 34.6 Å². The molecule has 3 rings (SSSR count). The number of ketones is 1. The van der Waals surface area contributed by atoms with E-state index in [0.29, 0.717) is 34.8 Å². The third-order valence-corrected chi connectivity index (χ3v) is 5.18. The highest BCUT2D eigenvalue weighted by atomic mass is 32.1. The summed E-state index contributed by atoms with van der Waals surface area (Å²) < 4.78 is 5.78. The van der Waals surface area contributed by atoms with E-state index in [0.717, 1.165) is 6.42 Å². The summed E-state index contributed by atoms with van der Waals surface area (Å²) in [4.78, 5) is 39.7. The van der Waals surface area contributed by atoms with E-state index in [9.17, 15) is 14.4 Å². The Morgan fingerprint density at radius 1 is 1.26 bits per heavy atom. The van der Waals surface area contributed by atoms with Crippen LogP contribution in [0.25, 0.3) is 0 Å². The fourth-order valence-corrected chi connectivity index (χ4v) is 3.59. The van der Waals surface area contributed by atoms with Crippen molar-refractivity contribution in [3.8, 4) is 5.75 Å². The molecule has 1 N–H and O–H groups in total. The van der Waals surface area contributed by atoms with Gasteiger partial charge in [0.05, 0.1) is 10.6 Å². The molecule has 1 unspecified atom stereocenters. The van der Waals surface area contributed by atoms with E-state index in [1.54, 1.807) is 24.3 Å². The smallest absolute Gasteiger partial charge is 0.268 e. The maximum atomic E-state index is 12.8. The minimum Gasteiger partial charge on any atom is -0.478 e. The lowest BCUT2D eigenvalue weighted by Gasteiger charge is -2.34. The number of ether oxygens (including phenoxy) is 1. The molecule has 0 spiro atoms. The lowest BCUT2D eigenvalue weighted by molar-refractivity contribution is -0.129. The second kappa shape index (κ2) is 8.35. The van der Waals surface area contributed by atoms with Gasteiger partial charge in [-0.1, -0.05) is 19.9 Å². The summed E-state index contributed by atoms with van der Waals surface area (Å²) in [6, 6.07) is 8.60. The molecule has 0 saturated carbocycles. The molecule has 1 aromatic carbocycles. The van der Waals surface area contributed by atoms with Crippen LogP contribution in [0.1, 0.15) is 41.9 Å². The molecule has 1 aliphatic rings. The molecule has 0 bridgehead atoms. The maximum absolute atomic E-state index is 12.8. The quantitative estimate of drug-likeness (QED) is 0.742. The zero-order valence-electron chi connectivity index (χ0n) is 15.4. The molecule has 7 heteroatoms. The molecule has 27 heavy (non-hydrogen) atoms. The number of rotatable bonds is 7. The fraction of sp³-hybridized carbons (Fsp3) is 0.350. The van der Waals surface area contributed by atoms with Gasteiger partial charge in [-0.05, 0) is 42.5 Å². The number of benzene rings is 1. The van der Waals surface area contributed by atoms with Gasteiger partial charge in [0, 0.05) is 12.1 Å². The van der Waals surface area contributed by atoms with Gasteiger partial charge in [0.15, 0.2) is 6.10 Å². The number of hydrogen-bond donors (Lipinski definition) is 1. The van der Waals surface area contributed by atoms with Crippen molar-refractivity contribution in [1.82, 2.24) is 5.32 Å². The molecule has 6 nitrogen and oxygen atoms in total.